The summed E-state index contributed by atoms with van der Waals surface area (Å²) < 4.78 is 29.5. The molecule has 5 aromatic carbocycles. The highest BCUT2D eigenvalue weighted by Gasteiger charge is 2.28. The van der Waals surface area contributed by atoms with Crippen molar-refractivity contribution in [2.75, 3.05) is 33.5 Å². The van der Waals surface area contributed by atoms with Crippen molar-refractivity contribution in [1.29, 1.82) is 0 Å². The number of ether oxygens (including phenoxy) is 5. The molecule has 5 aromatic rings. The Balaban J connectivity index is 1.29. The van der Waals surface area contributed by atoms with Crippen LogP contribution in [0.5, 0.6) is 23.0 Å². The molecule has 5 nitrogen and oxygen atoms in total. The molecule has 2 atom stereocenters. The lowest BCUT2D eigenvalue weighted by molar-refractivity contribution is 0.147. The Kier molecular flexibility index (Phi) is 8.12. The zero-order chi connectivity index (χ0) is 30.8. The minimum absolute atomic E-state index is 0.232. The van der Waals surface area contributed by atoms with Crippen LogP contribution in [0.15, 0.2) is 110 Å². The van der Waals surface area contributed by atoms with E-state index in [1.165, 1.54) is 5.57 Å². The Labute approximate surface area is 263 Å². The van der Waals surface area contributed by atoms with Crippen molar-refractivity contribution in [3.8, 4) is 34.1 Å². The molecule has 0 radical (unpaired) electrons. The Morgan fingerprint density at radius 2 is 1.56 bits per heavy atom. The van der Waals surface area contributed by atoms with Crippen LogP contribution in [0, 0.1) is 5.92 Å². The van der Waals surface area contributed by atoms with Gasteiger partial charge in [0.25, 0.3) is 0 Å². The molecule has 226 valence electrons. The summed E-state index contributed by atoms with van der Waals surface area (Å²) in [5, 5.41) is 6.48. The molecule has 2 unspecified atom stereocenters. The highest BCUT2D eigenvalue weighted by molar-refractivity contribution is 6.00. The molecule has 1 saturated heterocycles. The third-order valence-corrected chi connectivity index (χ3v) is 8.38. The zero-order valence-electron chi connectivity index (χ0n) is 25.5. The summed E-state index contributed by atoms with van der Waals surface area (Å²) in [7, 11) is 1.68. The van der Waals surface area contributed by atoms with Gasteiger partial charge in [0, 0.05) is 11.5 Å². The Bertz CT molecular complexity index is 2040. The van der Waals surface area contributed by atoms with Crippen molar-refractivity contribution in [3.63, 3.8) is 0 Å². The van der Waals surface area contributed by atoms with Crippen molar-refractivity contribution in [1.82, 2.24) is 0 Å². The Hall–Kier alpha value is -4.84. The molecule has 1 aliphatic heterocycles. The topological polar surface area (TPSA) is 49.5 Å². The molecule has 1 aliphatic carbocycles. The first-order valence-corrected chi connectivity index (χ1v) is 15.3. The highest BCUT2D eigenvalue weighted by Crippen LogP contribution is 2.41. The summed E-state index contributed by atoms with van der Waals surface area (Å²) in [5.41, 5.74) is 3.33. The number of methoxy groups -OCH3 is 1. The number of fused-ring (bicyclic) bond motifs is 2. The van der Waals surface area contributed by atoms with Crippen molar-refractivity contribution in [2.24, 2.45) is 5.92 Å². The van der Waals surface area contributed by atoms with E-state index in [2.05, 4.69) is 73.8 Å². The number of rotatable bonds is 12. The maximum Gasteiger partial charge on any atom is 0.128 e. The lowest BCUT2D eigenvalue weighted by Crippen LogP contribution is -2.25. The van der Waals surface area contributed by atoms with Crippen LogP contribution in [0.2, 0.25) is 0 Å². The van der Waals surface area contributed by atoms with Gasteiger partial charge in [0.1, 0.15) is 29.1 Å². The molecule has 1 saturated carbocycles. The van der Waals surface area contributed by atoms with E-state index in [4.69, 9.17) is 23.7 Å². The van der Waals surface area contributed by atoms with Gasteiger partial charge < -0.3 is 23.7 Å². The van der Waals surface area contributed by atoms with E-state index in [1.54, 1.807) is 7.11 Å². The van der Waals surface area contributed by atoms with Crippen LogP contribution in [0.25, 0.3) is 44.8 Å². The van der Waals surface area contributed by atoms with Crippen molar-refractivity contribution >= 4 is 33.7 Å². The summed E-state index contributed by atoms with van der Waals surface area (Å²) in [5.74, 6) is 3.57. The normalized spacial score (nSPS) is 17.9. The van der Waals surface area contributed by atoms with Gasteiger partial charge in [-0.15, -0.1) is 0 Å². The standard InChI is InChI=1S/C40H36O5/c1-4-5-27-6-7-31(19-30(27)16-17-42-24-37-25-43-37)40-38-22-36(14-10-29(38)11-15-39(40)44-23-33-18-26(33)2)45-35-13-9-28-8-12-34(41-3)20-32(28)21-35/h4-16,19-22,33,37H,1-2,17-18,23-25H2,3H3/b27-5-,30-16-. The molecule has 5 heteroatoms. The van der Waals surface area contributed by atoms with Gasteiger partial charge >= 0.3 is 0 Å². The first-order chi connectivity index (χ1) is 22.1. The summed E-state index contributed by atoms with van der Waals surface area (Å²) in [6.07, 6.45) is 7.20. The summed E-state index contributed by atoms with van der Waals surface area (Å²) in [4.78, 5) is 0. The monoisotopic (exact) mass is 596 g/mol. The second-order valence-corrected chi connectivity index (χ2v) is 11.6. The Morgan fingerprint density at radius 3 is 2.31 bits per heavy atom. The fraction of sp³-hybridized carbons (Fsp3) is 0.200. The molecule has 0 amide bonds. The van der Waals surface area contributed by atoms with E-state index in [-0.39, 0.29) is 6.10 Å². The maximum atomic E-state index is 6.49. The van der Waals surface area contributed by atoms with Crippen molar-refractivity contribution in [2.45, 2.75) is 12.5 Å². The fourth-order valence-corrected chi connectivity index (χ4v) is 5.61. The molecule has 7 rings (SSSR count). The fourth-order valence-electron chi connectivity index (χ4n) is 5.61. The summed E-state index contributed by atoms with van der Waals surface area (Å²) >= 11 is 0. The lowest BCUT2D eigenvalue weighted by atomic mass is 9.95. The van der Waals surface area contributed by atoms with E-state index in [1.807, 2.05) is 42.5 Å². The minimum Gasteiger partial charge on any atom is -0.497 e. The average molecular weight is 597 g/mol. The molecule has 0 aromatic heterocycles. The van der Waals surface area contributed by atoms with Gasteiger partial charge in [0.15, 0.2) is 0 Å². The first kappa shape index (κ1) is 28.9. The molecule has 2 fully saturated rings. The van der Waals surface area contributed by atoms with Gasteiger partial charge in [-0.2, -0.15) is 0 Å². The van der Waals surface area contributed by atoms with Crippen LogP contribution >= 0.6 is 0 Å². The lowest BCUT2D eigenvalue weighted by Gasteiger charge is -2.16. The van der Waals surface area contributed by atoms with E-state index in [0.717, 1.165) is 79.1 Å². The number of hydrogen-bond acceptors (Lipinski definition) is 5. The largest absolute Gasteiger partial charge is 0.497 e. The van der Waals surface area contributed by atoms with Gasteiger partial charge in [-0.1, -0.05) is 73.4 Å². The van der Waals surface area contributed by atoms with E-state index >= 15 is 0 Å². The number of allylic oxidation sites excluding steroid dienone is 1. The average Bonchev–Trinajstić information content (AvgIpc) is 4.00. The van der Waals surface area contributed by atoms with Crippen molar-refractivity contribution < 1.29 is 23.7 Å². The molecule has 0 bridgehead atoms. The molecule has 0 spiro atoms. The third-order valence-electron chi connectivity index (χ3n) is 8.38. The molecular weight excluding hydrogens is 560 g/mol. The number of hydrogen-bond donors (Lipinski definition) is 0. The van der Waals surface area contributed by atoms with E-state index in [9.17, 15) is 0 Å². The second kappa shape index (κ2) is 12.6. The first-order valence-electron chi connectivity index (χ1n) is 15.3. The summed E-state index contributed by atoms with van der Waals surface area (Å²) in [6.45, 7) is 10.5. The van der Waals surface area contributed by atoms with Crippen LogP contribution < -0.4 is 24.6 Å². The second-order valence-electron chi connectivity index (χ2n) is 11.6. The smallest absolute Gasteiger partial charge is 0.128 e. The van der Waals surface area contributed by atoms with Gasteiger partial charge in [0.05, 0.1) is 33.5 Å². The molecule has 45 heavy (non-hydrogen) atoms. The van der Waals surface area contributed by atoms with Gasteiger partial charge in [-0.25, -0.2) is 0 Å². The van der Waals surface area contributed by atoms with E-state index in [0.29, 0.717) is 25.7 Å². The SMILES string of the molecule is C=C/C=c1/ccc(-c2c(OCC3CC3=C)ccc3ccc(Oc4ccc5ccc(OC)cc5c4)cc23)c/c1=C/COCC1CO1. The summed E-state index contributed by atoms with van der Waals surface area (Å²) in [6, 6.07) is 29.0. The molecular formula is C40H36O5. The number of benzene rings is 5. The van der Waals surface area contributed by atoms with Crippen LogP contribution in [0.3, 0.4) is 0 Å². The Morgan fingerprint density at radius 1 is 0.822 bits per heavy atom. The predicted octanol–water partition coefficient (Wildman–Crippen LogP) is 7.58. The predicted molar refractivity (Wildman–Crippen MR) is 182 cm³/mol. The van der Waals surface area contributed by atoms with E-state index < -0.39 is 0 Å². The maximum absolute atomic E-state index is 6.49. The highest BCUT2D eigenvalue weighted by atomic mass is 16.6. The van der Waals surface area contributed by atoms with Crippen LogP contribution in [0.4, 0.5) is 0 Å². The number of epoxide rings is 1. The van der Waals surface area contributed by atoms with Crippen LogP contribution in [-0.4, -0.2) is 39.6 Å². The van der Waals surface area contributed by atoms with Gasteiger partial charge in [0.2, 0.25) is 0 Å². The molecule has 2 aliphatic rings. The van der Waals surface area contributed by atoms with Gasteiger partial charge in [-0.3, -0.25) is 0 Å². The van der Waals surface area contributed by atoms with Crippen LogP contribution in [-0.2, 0) is 9.47 Å². The zero-order valence-corrected chi connectivity index (χ0v) is 25.5. The quantitative estimate of drug-likeness (QED) is 0.0845. The third kappa shape index (κ3) is 6.65. The molecule has 0 N–H and O–H groups in total. The van der Waals surface area contributed by atoms with Gasteiger partial charge in [-0.05, 0) is 92.5 Å². The molecule has 1 heterocycles. The minimum atomic E-state index is 0.232. The van der Waals surface area contributed by atoms with Crippen LogP contribution in [0.1, 0.15) is 6.42 Å². The van der Waals surface area contributed by atoms with Crippen molar-refractivity contribution in [3.05, 3.63) is 120 Å².